The summed E-state index contributed by atoms with van der Waals surface area (Å²) in [6.45, 7) is 3.26. The van der Waals surface area contributed by atoms with Crippen molar-refractivity contribution >= 4 is 5.97 Å². The summed E-state index contributed by atoms with van der Waals surface area (Å²) < 4.78 is 10.7. The van der Waals surface area contributed by atoms with E-state index in [1.165, 1.54) is 19.3 Å². The molecule has 2 rings (SSSR count). The van der Waals surface area contributed by atoms with Gasteiger partial charge in [0.2, 0.25) is 0 Å². The van der Waals surface area contributed by atoms with Crippen molar-refractivity contribution in [2.45, 2.75) is 51.6 Å². The first kappa shape index (κ1) is 11.9. The lowest BCUT2D eigenvalue weighted by Gasteiger charge is -2.15. The van der Waals surface area contributed by atoms with Crippen molar-refractivity contribution in [1.82, 2.24) is 0 Å². The largest absolute Gasteiger partial charge is 0.466 e. The number of carbonyl (C=O) groups is 1. The van der Waals surface area contributed by atoms with Gasteiger partial charge in [-0.1, -0.05) is 6.42 Å². The zero-order valence-corrected chi connectivity index (χ0v) is 10.1. The van der Waals surface area contributed by atoms with Gasteiger partial charge in [0.15, 0.2) is 0 Å². The molecule has 3 heteroatoms. The first-order chi connectivity index (χ1) is 7.81. The Morgan fingerprint density at radius 3 is 3.12 bits per heavy atom. The van der Waals surface area contributed by atoms with Gasteiger partial charge in [-0.3, -0.25) is 4.79 Å². The summed E-state index contributed by atoms with van der Waals surface area (Å²) in [6.07, 6.45) is 7.09. The van der Waals surface area contributed by atoms with Crippen LogP contribution >= 0.6 is 0 Å². The Bertz CT molecular complexity index is 239. The van der Waals surface area contributed by atoms with Gasteiger partial charge in [0.1, 0.15) is 0 Å². The van der Waals surface area contributed by atoms with E-state index in [9.17, 15) is 4.79 Å². The molecule has 92 valence electrons. The second-order valence-corrected chi connectivity index (χ2v) is 4.92. The minimum absolute atomic E-state index is 0.0515. The van der Waals surface area contributed by atoms with Crippen LogP contribution in [-0.4, -0.2) is 25.3 Å². The Kier molecular flexibility index (Phi) is 4.22. The van der Waals surface area contributed by atoms with Crippen LogP contribution in [0.5, 0.6) is 0 Å². The van der Waals surface area contributed by atoms with E-state index in [4.69, 9.17) is 9.47 Å². The van der Waals surface area contributed by atoms with E-state index in [2.05, 4.69) is 0 Å². The standard InChI is InChI=1S/C13H22O3/c1-2-15-13(14)8-3-5-10-9-16-12-7-4-6-11(10)12/h10-12H,2-9H2,1H3/t10-,11+,12+/m1/s1. The molecule has 0 spiro atoms. The van der Waals surface area contributed by atoms with Crippen molar-refractivity contribution < 1.29 is 14.3 Å². The molecule has 0 radical (unpaired) electrons. The van der Waals surface area contributed by atoms with E-state index < -0.39 is 0 Å². The summed E-state index contributed by atoms with van der Waals surface area (Å²) in [6, 6.07) is 0. The van der Waals surface area contributed by atoms with Crippen LogP contribution in [0.15, 0.2) is 0 Å². The lowest BCUT2D eigenvalue weighted by atomic mass is 9.88. The maximum Gasteiger partial charge on any atom is 0.305 e. The highest BCUT2D eigenvalue weighted by Gasteiger charge is 2.39. The third kappa shape index (κ3) is 2.76. The summed E-state index contributed by atoms with van der Waals surface area (Å²) in [5.74, 6) is 1.42. The summed E-state index contributed by atoms with van der Waals surface area (Å²) >= 11 is 0. The number of carbonyl (C=O) groups excluding carboxylic acids is 1. The van der Waals surface area contributed by atoms with Crippen LogP contribution in [0.2, 0.25) is 0 Å². The molecule has 0 aromatic carbocycles. The highest BCUT2D eigenvalue weighted by atomic mass is 16.5. The van der Waals surface area contributed by atoms with Crippen molar-refractivity contribution in [3.05, 3.63) is 0 Å². The minimum atomic E-state index is -0.0515. The molecule has 1 saturated heterocycles. The van der Waals surface area contributed by atoms with Gasteiger partial charge in [-0.15, -0.1) is 0 Å². The van der Waals surface area contributed by atoms with E-state index in [1.807, 2.05) is 6.92 Å². The van der Waals surface area contributed by atoms with E-state index in [1.54, 1.807) is 0 Å². The Morgan fingerprint density at radius 2 is 2.31 bits per heavy atom. The fraction of sp³-hybridized carbons (Fsp3) is 0.923. The minimum Gasteiger partial charge on any atom is -0.466 e. The normalized spacial score (nSPS) is 32.7. The van der Waals surface area contributed by atoms with Gasteiger partial charge in [-0.2, -0.15) is 0 Å². The van der Waals surface area contributed by atoms with Crippen LogP contribution in [0.25, 0.3) is 0 Å². The average molecular weight is 226 g/mol. The van der Waals surface area contributed by atoms with Gasteiger partial charge < -0.3 is 9.47 Å². The molecule has 0 unspecified atom stereocenters. The molecule has 0 amide bonds. The molecule has 0 bridgehead atoms. The van der Waals surface area contributed by atoms with Crippen molar-refractivity contribution in [1.29, 1.82) is 0 Å². The third-order valence-electron chi connectivity index (χ3n) is 3.89. The molecule has 2 fully saturated rings. The first-order valence-electron chi connectivity index (χ1n) is 6.58. The van der Waals surface area contributed by atoms with Crippen LogP contribution < -0.4 is 0 Å². The number of hydrogen-bond donors (Lipinski definition) is 0. The first-order valence-corrected chi connectivity index (χ1v) is 6.58. The molecule has 0 aromatic heterocycles. The Hall–Kier alpha value is -0.570. The highest BCUT2D eigenvalue weighted by Crippen LogP contribution is 2.41. The highest BCUT2D eigenvalue weighted by molar-refractivity contribution is 5.69. The fourth-order valence-corrected chi connectivity index (χ4v) is 3.11. The smallest absolute Gasteiger partial charge is 0.305 e. The van der Waals surface area contributed by atoms with E-state index in [0.717, 1.165) is 25.4 Å². The molecule has 0 aromatic rings. The summed E-state index contributed by atoms with van der Waals surface area (Å²) in [7, 11) is 0. The molecule has 1 aliphatic carbocycles. The van der Waals surface area contributed by atoms with Crippen LogP contribution in [-0.2, 0) is 14.3 Å². The molecule has 16 heavy (non-hydrogen) atoms. The third-order valence-corrected chi connectivity index (χ3v) is 3.89. The number of ether oxygens (including phenoxy) is 2. The van der Waals surface area contributed by atoms with Gasteiger partial charge in [0.25, 0.3) is 0 Å². The number of hydrogen-bond acceptors (Lipinski definition) is 3. The molecule has 0 N–H and O–H groups in total. The topological polar surface area (TPSA) is 35.5 Å². The van der Waals surface area contributed by atoms with E-state index in [-0.39, 0.29) is 5.97 Å². The molecule has 1 heterocycles. The van der Waals surface area contributed by atoms with Crippen LogP contribution in [0, 0.1) is 11.8 Å². The molecular weight excluding hydrogens is 204 g/mol. The predicted octanol–water partition coefficient (Wildman–Crippen LogP) is 2.53. The van der Waals surface area contributed by atoms with Crippen molar-refractivity contribution in [2.24, 2.45) is 11.8 Å². The maximum atomic E-state index is 11.2. The summed E-state index contributed by atoms with van der Waals surface area (Å²) in [4.78, 5) is 11.2. The SMILES string of the molecule is CCOC(=O)CCC[C@@H]1CO[C@H]2CCC[C@@H]12. The van der Waals surface area contributed by atoms with Gasteiger partial charge in [0, 0.05) is 6.42 Å². The van der Waals surface area contributed by atoms with Crippen LogP contribution in [0.1, 0.15) is 45.4 Å². The van der Waals surface area contributed by atoms with E-state index in [0.29, 0.717) is 25.0 Å². The lowest BCUT2D eigenvalue weighted by Crippen LogP contribution is -2.14. The monoisotopic (exact) mass is 226 g/mol. The molecule has 3 atom stereocenters. The Balaban J connectivity index is 1.65. The van der Waals surface area contributed by atoms with Crippen molar-refractivity contribution in [3.8, 4) is 0 Å². The Labute approximate surface area is 97.5 Å². The number of rotatable bonds is 5. The zero-order valence-electron chi connectivity index (χ0n) is 10.1. The van der Waals surface area contributed by atoms with E-state index >= 15 is 0 Å². The second kappa shape index (κ2) is 5.67. The Morgan fingerprint density at radius 1 is 1.44 bits per heavy atom. The zero-order chi connectivity index (χ0) is 11.4. The maximum absolute atomic E-state index is 11.2. The average Bonchev–Trinajstić information content (AvgIpc) is 2.82. The van der Waals surface area contributed by atoms with Crippen LogP contribution in [0.4, 0.5) is 0 Å². The molecular formula is C13H22O3. The van der Waals surface area contributed by atoms with Gasteiger partial charge in [-0.05, 0) is 44.4 Å². The number of esters is 1. The van der Waals surface area contributed by atoms with Crippen molar-refractivity contribution in [3.63, 3.8) is 0 Å². The quantitative estimate of drug-likeness (QED) is 0.676. The van der Waals surface area contributed by atoms with Gasteiger partial charge >= 0.3 is 5.97 Å². The molecule has 1 aliphatic heterocycles. The van der Waals surface area contributed by atoms with Gasteiger partial charge in [-0.25, -0.2) is 0 Å². The predicted molar refractivity (Wildman–Crippen MR) is 61.1 cm³/mol. The number of fused-ring (bicyclic) bond motifs is 1. The molecule has 3 nitrogen and oxygen atoms in total. The summed E-state index contributed by atoms with van der Waals surface area (Å²) in [5, 5.41) is 0. The van der Waals surface area contributed by atoms with Gasteiger partial charge in [0.05, 0.1) is 19.3 Å². The fourth-order valence-electron chi connectivity index (χ4n) is 3.11. The molecule has 1 saturated carbocycles. The van der Waals surface area contributed by atoms with Crippen LogP contribution in [0.3, 0.4) is 0 Å². The molecule has 2 aliphatic rings. The van der Waals surface area contributed by atoms with Crippen molar-refractivity contribution in [2.75, 3.05) is 13.2 Å². The lowest BCUT2D eigenvalue weighted by molar-refractivity contribution is -0.143. The summed E-state index contributed by atoms with van der Waals surface area (Å²) in [5.41, 5.74) is 0. The second-order valence-electron chi connectivity index (χ2n) is 4.92.